The van der Waals surface area contributed by atoms with Gasteiger partial charge in [0.15, 0.2) is 0 Å². The number of nitrogens with zero attached hydrogens (tertiary/aromatic N) is 2. The maximum absolute atomic E-state index is 13.0. The van der Waals surface area contributed by atoms with Gasteiger partial charge in [-0.15, -0.1) is 0 Å². The van der Waals surface area contributed by atoms with Gasteiger partial charge in [0.1, 0.15) is 11.5 Å². The summed E-state index contributed by atoms with van der Waals surface area (Å²) in [4.78, 5) is 38.0. The second kappa shape index (κ2) is 7.02. The van der Waals surface area contributed by atoms with Gasteiger partial charge in [-0.05, 0) is 61.3 Å². The number of hydrogen-bond acceptors (Lipinski definition) is 6. The second-order valence-corrected chi connectivity index (χ2v) is 8.89. The molecule has 7 heteroatoms. The van der Waals surface area contributed by atoms with Crippen LogP contribution < -0.4 is 0 Å². The van der Waals surface area contributed by atoms with Crippen molar-refractivity contribution in [2.45, 2.75) is 13.3 Å². The van der Waals surface area contributed by atoms with Crippen LogP contribution in [0.15, 0.2) is 58.1 Å². The van der Waals surface area contributed by atoms with Crippen LogP contribution in [0.3, 0.4) is 0 Å². The maximum atomic E-state index is 13.0. The summed E-state index contributed by atoms with van der Waals surface area (Å²) in [6, 6.07) is 10.4. The Bertz CT molecular complexity index is 1160. The molecular formula is C25H22N2O5. The highest BCUT2D eigenvalue weighted by Gasteiger charge is 2.67. The number of furan rings is 1. The smallest absolute Gasteiger partial charge is 0.338 e. The van der Waals surface area contributed by atoms with Gasteiger partial charge in [0.25, 0.3) is 11.8 Å². The molecule has 2 saturated carbocycles. The summed E-state index contributed by atoms with van der Waals surface area (Å²) in [5.41, 5.74) is 1.16. The van der Waals surface area contributed by atoms with E-state index < -0.39 is 5.97 Å². The van der Waals surface area contributed by atoms with E-state index in [1.807, 2.05) is 6.07 Å². The van der Waals surface area contributed by atoms with Gasteiger partial charge in [0, 0.05) is 5.56 Å². The predicted octanol–water partition coefficient (Wildman–Crippen LogP) is 3.51. The number of benzene rings is 1. The van der Waals surface area contributed by atoms with Crippen molar-refractivity contribution < 1.29 is 23.5 Å². The number of allylic oxidation sites excluding steroid dienone is 2. The van der Waals surface area contributed by atoms with Gasteiger partial charge < -0.3 is 9.15 Å². The van der Waals surface area contributed by atoms with Crippen molar-refractivity contribution in [1.82, 2.24) is 5.01 Å². The lowest BCUT2D eigenvalue weighted by molar-refractivity contribution is -0.140. The Hall–Kier alpha value is -3.48. The second-order valence-electron chi connectivity index (χ2n) is 8.89. The Morgan fingerprint density at radius 2 is 1.84 bits per heavy atom. The average Bonchev–Trinajstić information content (AvgIpc) is 3.44. The zero-order chi connectivity index (χ0) is 22.0. The highest BCUT2D eigenvalue weighted by molar-refractivity contribution is 6.06. The van der Waals surface area contributed by atoms with E-state index >= 15 is 0 Å². The molecule has 5 aliphatic rings. The molecule has 0 spiro atoms. The highest BCUT2D eigenvalue weighted by Crippen LogP contribution is 2.65. The van der Waals surface area contributed by atoms with Gasteiger partial charge in [0.2, 0.25) is 0 Å². The van der Waals surface area contributed by atoms with Crippen LogP contribution in [-0.2, 0) is 14.3 Å². The van der Waals surface area contributed by atoms with E-state index in [-0.39, 0.29) is 35.5 Å². The number of ether oxygens (including phenoxy) is 1. The van der Waals surface area contributed by atoms with Crippen molar-refractivity contribution in [3.63, 3.8) is 0 Å². The fraction of sp³-hybridized carbons (Fsp3) is 0.360. The predicted molar refractivity (Wildman–Crippen MR) is 114 cm³/mol. The molecule has 32 heavy (non-hydrogen) atoms. The number of amides is 2. The van der Waals surface area contributed by atoms with Gasteiger partial charge in [-0.25, -0.2) is 4.79 Å². The first-order valence-corrected chi connectivity index (χ1v) is 11.0. The van der Waals surface area contributed by atoms with Crippen LogP contribution >= 0.6 is 0 Å². The minimum atomic E-state index is -0.392. The van der Waals surface area contributed by atoms with Crippen LogP contribution in [0.1, 0.15) is 29.5 Å². The van der Waals surface area contributed by atoms with Gasteiger partial charge >= 0.3 is 5.97 Å². The van der Waals surface area contributed by atoms with Crippen molar-refractivity contribution >= 4 is 24.0 Å². The van der Waals surface area contributed by atoms with Crippen molar-refractivity contribution in [2.75, 3.05) is 6.61 Å². The lowest BCUT2D eigenvalue weighted by Gasteiger charge is -2.37. The average molecular weight is 430 g/mol. The number of carbonyl (C=O) groups is 3. The van der Waals surface area contributed by atoms with E-state index in [1.54, 1.807) is 37.3 Å². The summed E-state index contributed by atoms with van der Waals surface area (Å²) < 4.78 is 10.9. The first-order valence-electron chi connectivity index (χ1n) is 11.0. The summed E-state index contributed by atoms with van der Waals surface area (Å²) in [6.07, 6.45) is 6.82. The Morgan fingerprint density at radius 1 is 1.12 bits per heavy atom. The highest BCUT2D eigenvalue weighted by atomic mass is 16.5. The summed E-state index contributed by atoms with van der Waals surface area (Å²) in [5, 5.41) is 5.25. The minimum absolute atomic E-state index is 0.175. The molecule has 2 heterocycles. The largest absolute Gasteiger partial charge is 0.462 e. The number of esters is 1. The molecule has 2 bridgehead atoms. The Balaban J connectivity index is 1.21. The molecule has 1 aromatic carbocycles. The molecule has 0 N–H and O–H groups in total. The van der Waals surface area contributed by atoms with E-state index in [1.165, 1.54) is 6.21 Å². The summed E-state index contributed by atoms with van der Waals surface area (Å²) in [5.74, 6) is 1.11. The van der Waals surface area contributed by atoms with Crippen LogP contribution in [0, 0.1) is 35.5 Å². The first kappa shape index (κ1) is 19.2. The van der Waals surface area contributed by atoms with Crippen molar-refractivity contribution in [1.29, 1.82) is 0 Å². The molecule has 2 aromatic rings. The molecule has 1 saturated heterocycles. The van der Waals surface area contributed by atoms with Gasteiger partial charge in [-0.1, -0.05) is 24.3 Å². The lowest BCUT2D eigenvalue weighted by Crippen LogP contribution is -2.40. The van der Waals surface area contributed by atoms with Crippen LogP contribution in [0.5, 0.6) is 0 Å². The molecule has 0 radical (unpaired) electrons. The first-order chi connectivity index (χ1) is 15.6. The summed E-state index contributed by atoms with van der Waals surface area (Å²) >= 11 is 0. The molecule has 6 atom stereocenters. The molecule has 162 valence electrons. The molecule has 4 aliphatic carbocycles. The number of carbonyl (C=O) groups excluding carboxylic acids is 3. The zero-order valence-corrected chi connectivity index (χ0v) is 17.5. The molecule has 7 nitrogen and oxygen atoms in total. The molecule has 1 aromatic heterocycles. The zero-order valence-electron chi connectivity index (χ0n) is 17.5. The fourth-order valence-electron chi connectivity index (χ4n) is 5.76. The third-order valence-corrected chi connectivity index (χ3v) is 7.22. The van der Waals surface area contributed by atoms with Gasteiger partial charge in [-0.2, -0.15) is 10.1 Å². The molecule has 0 unspecified atom stereocenters. The third kappa shape index (κ3) is 2.80. The van der Waals surface area contributed by atoms with E-state index in [0.29, 0.717) is 35.5 Å². The van der Waals surface area contributed by atoms with E-state index in [4.69, 9.17) is 9.15 Å². The quantitative estimate of drug-likeness (QED) is 0.313. The monoisotopic (exact) mass is 430 g/mol. The normalized spacial score (nSPS) is 31.8. The van der Waals surface area contributed by atoms with Gasteiger partial charge in [0.05, 0.1) is 30.2 Å². The van der Waals surface area contributed by atoms with Crippen LogP contribution in [0.2, 0.25) is 0 Å². The molecule has 2 amide bonds. The molecule has 7 rings (SSSR count). The van der Waals surface area contributed by atoms with Crippen LogP contribution in [-0.4, -0.2) is 35.6 Å². The molecule has 3 fully saturated rings. The standard InChI is InChI=1S/C25H22N2O5/c1-2-31-25(30)14-5-3-4-13(10-14)20-9-6-15(32-20)12-26-27-23(28)21-16-7-8-17(19-11-18(16)19)22(21)24(27)29/h3-10,12,16-19,21-22H,2,11H2,1H3/b26-12+/t16-,17-,18-,19-,21+,22+/m1/s1. The summed E-state index contributed by atoms with van der Waals surface area (Å²) in [7, 11) is 0. The number of hydrogen-bond donors (Lipinski definition) is 0. The Labute approximate surface area is 184 Å². The number of imide groups is 1. The molecule has 1 aliphatic heterocycles. The van der Waals surface area contributed by atoms with Crippen LogP contribution in [0.4, 0.5) is 0 Å². The number of hydrazone groups is 1. The van der Waals surface area contributed by atoms with Crippen molar-refractivity contribution in [3.05, 3.63) is 59.9 Å². The SMILES string of the molecule is CCOC(=O)c1cccc(-c2ccc(/C=N/N3C(=O)[C@H]4[C@@H]5C=C[C@H]([C@H]6C[C@H]56)[C@@H]4C3=O)o2)c1. The molecular weight excluding hydrogens is 408 g/mol. The Morgan fingerprint density at radius 3 is 2.53 bits per heavy atom. The Kier molecular flexibility index (Phi) is 4.22. The maximum Gasteiger partial charge on any atom is 0.338 e. The van der Waals surface area contributed by atoms with Crippen molar-refractivity contribution in [3.8, 4) is 11.3 Å². The fourth-order valence-corrected chi connectivity index (χ4v) is 5.76. The third-order valence-electron chi connectivity index (χ3n) is 7.22. The van der Waals surface area contributed by atoms with E-state index in [0.717, 1.165) is 17.0 Å². The summed E-state index contributed by atoms with van der Waals surface area (Å²) in [6.45, 7) is 2.06. The van der Waals surface area contributed by atoms with E-state index in [9.17, 15) is 14.4 Å². The van der Waals surface area contributed by atoms with E-state index in [2.05, 4.69) is 17.3 Å². The number of rotatable bonds is 5. The minimum Gasteiger partial charge on any atom is -0.462 e. The topological polar surface area (TPSA) is 89.2 Å². The van der Waals surface area contributed by atoms with Crippen molar-refractivity contribution in [2.24, 2.45) is 40.6 Å². The lowest BCUT2D eigenvalue weighted by atomic mass is 9.63. The van der Waals surface area contributed by atoms with Gasteiger partial charge in [-0.3, -0.25) is 9.59 Å². The van der Waals surface area contributed by atoms with Crippen LogP contribution in [0.25, 0.3) is 11.3 Å².